The molecule has 3 aromatic rings. The first-order valence-corrected chi connectivity index (χ1v) is 8.63. The molecule has 1 aliphatic rings. The van der Waals surface area contributed by atoms with Gasteiger partial charge in [0.15, 0.2) is 11.9 Å². The van der Waals surface area contributed by atoms with E-state index in [9.17, 15) is 0 Å². The highest BCUT2D eigenvalue weighted by Crippen LogP contribution is 2.39. The Morgan fingerprint density at radius 3 is 2.79 bits per heavy atom. The Kier molecular flexibility index (Phi) is 4.00. The maximum atomic E-state index is 6.15. The summed E-state index contributed by atoms with van der Waals surface area (Å²) in [5, 5.41) is 12.6. The standard InChI is InChI=1S/C17H15N5OS/c1-2-24-17-20-16-14(21-22-17)12-5-3-4-6-13(12)19-15(23-16)11-7-9-18-10-8-11/h3-10,15,19H,2H2,1H3/t15-/m1/s1. The molecule has 0 radical (unpaired) electrons. The average molecular weight is 337 g/mol. The molecular formula is C17H15N5OS. The number of anilines is 1. The summed E-state index contributed by atoms with van der Waals surface area (Å²) in [7, 11) is 0. The van der Waals surface area contributed by atoms with Gasteiger partial charge in [0, 0.05) is 29.2 Å². The van der Waals surface area contributed by atoms with Gasteiger partial charge in [0.1, 0.15) is 0 Å². The second-order valence-electron chi connectivity index (χ2n) is 5.15. The van der Waals surface area contributed by atoms with Gasteiger partial charge in [-0.1, -0.05) is 36.9 Å². The third-order valence-corrected chi connectivity index (χ3v) is 4.34. The van der Waals surface area contributed by atoms with Gasteiger partial charge in [-0.25, -0.2) is 0 Å². The summed E-state index contributed by atoms with van der Waals surface area (Å²) >= 11 is 1.54. The van der Waals surface area contributed by atoms with Crippen molar-refractivity contribution in [2.45, 2.75) is 18.3 Å². The quantitative estimate of drug-likeness (QED) is 0.733. The number of nitrogens with one attached hydrogen (secondary N) is 1. The maximum absolute atomic E-state index is 6.15. The fraction of sp³-hybridized carbons (Fsp3) is 0.176. The lowest BCUT2D eigenvalue weighted by Crippen LogP contribution is -2.17. The van der Waals surface area contributed by atoms with Crippen molar-refractivity contribution in [2.24, 2.45) is 0 Å². The molecule has 3 heterocycles. The largest absolute Gasteiger partial charge is 0.448 e. The zero-order valence-electron chi connectivity index (χ0n) is 13.0. The Bertz CT molecular complexity index is 859. The van der Waals surface area contributed by atoms with Crippen molar-refractivity contribution in [3.8, 4) is 17.1 Å². The minimum Gasteiger partial charge on any atom is -0.448 e. The number of para-hydroxylation sites is 1. The molecule has 7 heteroatoms. The molecule has 6 nitrogen and oxygen atoms in total. The van der Waals surface area contributed by atoms with Crippen molar-refractivity contribution in [2.75, 3.05) is 11.1 Å². The Morgan fingerprint density at radius 1 is 1.12 bits per heavy atom. The molecule has 4 rings (SSSR count). The van der Waals surface area contributed by atoms with Crippen LogP contribution in [0.4, 0.5) is 5.69 Å². The van der Waals surface area contributed by atoms with Crippen LogP contribution in [0.25, 0.3) is 11.3 Å². The van der Waals surface area contributed by atoms with Gasteiger partial charge in [-0.2, -0.15) is 4.98 Å². The summed E-state index contributed by atoms with van der Waals surface area (Å²) in [5.74, 6) is 1.36. The molecule has 0 bridgehead atoms. The van der Waals surface area contributed by atoms with Crippen LogP contribution in [0.15, 0.2) is 53.9 Å². The van der Waals surface area contributed by atoms with Crippen LogP contribution in [-0.4, -0.2) is 25.9 Å². The van der Waals surface area contributed by atoms with Gasteiger partial charge in [0.25, 0.3) is 0 Å². The molecule has 0 saturated carbocycles. The highest BCUT2D eigenvalue weighted by molar-refractivity contribution is 7.99. The molecule has 0 spiro atoms. The van der Waals surface area contributed by atoms with Gasteiger partial charge in [0.2, 0.25) is 11.0 Å². The monoisotopic (exact) mass is 337 g/mol. The van der Waals surface area contributed by atoms with E-state index in [4.69, 9.17) is 4.74 Å². The van der Waals surface area contributed by atoms with E-state index in [1.54, 1.807) is 12.4 Å². The molecule has 1 atom stereocenters. The van der Waals surface area contributed by atoms with Crippen molar-refractivity contribution in [3.05, 3.63) is 54.4 Å². The molecule has 1 N–H and O–H groups in total. The van der Waals surface area contributed by atoms with Gasteiger partial charge in [-0.3, -0.25) is 4.98 Å². The molecule has 0 unspecified atom stereocenters. The van der Waals surface area contributed by atoms with Crippen LogP contribution in [0, 0.1) is 0 Å². The molecule has 0 amide bonds. The van der Waals surface area contributed by atoms with E-state index >= 15 is 0 Å². The third-order valence-electron chi connectivity index (χ3n) is 3.62. The summed E-state index contributed by atoms with van der Waals surface area (Å²) in [4.78, 5) is 8.62. The molecule has 1 aromatic carbocycles. The number of fused-ring (bicyclic) bond motifs is 3. The predicted molar refractivity (Wildman–Crippen MR) is 92.9 cm³/mol. The highest BCUT2D eigenvalue weighted by Gasteiger charge is 2.25. The van der Waals surface area contributed by atoms with E-state index in [0.717, 1.165) is 22.6 Å². The van der Waals surface area contributed by atoms with Crippen molar-refractivity contribution in [3.63, 3.8) is 0 Å². The van der Waals surface area contributed by atoms with Gasteiger partial charge < -0.3 is 10.1 Å². The molecule has 120 valence electrons. The van der Waals surface area contributed by atoms with E-state index in [1.807, 2.05) is 36.4 Å². The van der Waals surface area contributed by atoms with Gasteiger partial charge >= 0.3 is 0 Å². The fourth-order valence-electron chi connectivity index (χ4n) is 2.53. The zero-order chi connectivity index (χ0) is 16.4. The lowest BCUT2D eigenvalue weighted by molar-refractivity contribution is 0.225. The van der Waals surface area contributed by atoms with Gasteiger partial charge in [0.05, 0.1) is 0 Å². The van der Waals surface area contributed by atoms with Crippen LogP contribution in [0.2, 0.25) is 0 Å². The molecule has 1 aliphatic heterocycles. The molecule has 0 saturated heterocycles. The number of thioether (sulfide) groups is 1. The predicted octanol–water partition coefficient (Wildman–Crippen LogP) is 3.55. The van der Waals surface area contributed by atoms with E-state index in [-0.39, 0.29) is 6.23 Å². The maximum Gasteiger partial charge on any atom is 0.247 e. The number of benzene rings is 1. The molecule has 0 aliphatic carbocycles. The molecule has 0 fully saturated rings. The summed E-state index contributed by atoms with van der Waals surface area (Å²) in [6, 6.07) is 11.8. The van der Waals surface area contributed by atoms with Crippen LogP contribution in [0.3, 0.4) is 0 Å². The second-order valence-corrected chi connectivity index (χ2v) is 6.38. The SMILES string of the molecule is CCSc1nnc2c(n1)O[C@H](c1ccncc1)Nc1ccccc1-2. The van der Waals surface area contributed by atoms with Crippen molar-refractivity contribution in [1.29, 1.82) is 0 Å². The average Bonchev–Trinajstić information content (AvgIpc) is 2.79. The van der Waals surface area contributed by atoms with Crippen LogP contribution >= 0.6 is 11.8 Å². The Balaban J connectivity index is 1.84. The first kappa shape index (κ1) is 14.9. The number of hydrogen-bond donors (Lipinski definition) is 1. The van der Waals surface area contributed by atoms with E-state index in [2.05, 4.69) is 32.4 Å². The van der Waals surface area contributed by atoms with Crippen molar-refractivity contribution in [1.82, 2.24) is 20.2 Å². The number of hydrogen-bond acceptors (Lipinski definition) is 7. The molecule has 2 aromatic heterocycles. The lowest BCUT2D eigenvalue weighted by Gasteiger charge is -2.19. The van der Waals surface area contributed by atoms with Gasteiger partial charge in [-0.05, 0) is 24.0 Å². The van der Waals surface area contributed by atoms with Crippen molar-refractivity contribution < 1.29 is 4.74 Å². The third kappa shape index (κ3) is 2.78. The van der Waals surface area contributed by atoms with E-state index < -0.39 is 0 Å². The summed E-state index contributed by atoms with van der Waals surface area (Å²) in [5.41, 5.74) is 3.48. The Labute approximate surface area is 143 Å². The number of aromatic nitrogens is 4. The normalized spacial score (nSPS) is 15.5. The number of rotatable bonds is 3. The van der Waals surface area contributed by atoms with Crippen molar-refractivity contribution >= 4 is 17.4 Å². The van der Waals surface area contributed by atoms with E-state index in [1.165, 1.54) is 11.8 Å². The first-order chi connectivity index (χ1) is 11.8. The summed E-state index contributed by atoms with van der Waals surface area (Å²) < 4.78 is 6.15. The minimum atomic E-state index is -0.369. The van der Waals surface area contributed by atoms with Crippen LogP contribution < -0.4 is 10.1 Å². The Hall–Kier alpha value is -2.67. The lowest BCUT2D eigenvalue weighted by atomic mass is 10.1. The minimum absolute atomic E-state index is 0.369. The number of ether oxygens (including phenoxy) is 1. The molecular weight excluding hydrogens is 322 g/mol. The van der Waals surface area contributed by atoms with E-state index in [0.29, 0.717) is 16.7 Å². The van der Waals surface area contributed by atoms with Crippen LogP contribution in [0.5, 0.6) is 5.88 Å². The second kappa shape index (κ2) is 6.45. The number of pyridine rings is 1. The number of nitrogens with zero attached hydrogens (tertiary/aromatic N) is 4. The highest BCUT2D eigenvalue weighted by atomic mass is 32.2. The fourth-order valence-corrected chi connectivity index (χ4v) is 3.03. The first-order valence-electron chi connectivity index (χ1n) is 7.65. The zero-order valence-corrected chi connectivity index (χ0v) is 13.8. The Morgan fingerprint density at radius 2 is 1.96 bits per heavy atom. The van der Waals surface area contributed by atoms with Crippen LogP contribution in [0.1, 0.15) is 18.7 Å². The smallest absolute Gasteiger partial charge is 0.247 e. The summed E-state index contributed by atoms with van der Waals surface area (Å²) in [6.45, 7) is 2.05. The topological polar surface area (TPSA) is 72.8 Å². The summed E-state index contributed by atoms with van der Waals surface area (Å²) in [6.07, 6.45) is 3.12. The molecule has 24 heavy (non-hydrogen) atoms. The van der Waals surface area contributed by atoms with Gasteiger partial charge in [-0.15, -0.1) is 10.2 Å². The van der Waals surface area contributed by atoms with Crippen LogP contribution in [-0.2, 0) is 0 Å².